The summed E-state index contributed by atoms with van der Waals surface area (Å²) in [6, 6.07) is 8.32. The van der Waals surface area contributed by atoms with Crippen molar-refractivity contribution in [1.29, 1.82) is 0 Å². The molecule has 1 heterocycles. The lowest BCUT2D eigenvalue weighted by Gasteiger charge is -2.21. The number of fused-ring (bicyclic) bond motifs is 1. The van der Waals surface area contributed by atoms with Gasteiger partial charge in [0.15, 0.2) is 0 Å². The molecule has 7 nitrogen and oxygen atoms in total. The van der Waals surface area contributed by atoms with Gasteiger partial charge in [-0.25, -0.2) is 14.4 Å². The van der Waals surface area contributed by atoms with E-state index in [0.29, 0.717) is 46.4 Å². The summed E-state index contributed by atoms with van der Waals surface area (Å²) in [4.78, 5) is 21.1. The number of aromatic nitrogens is 2. The van der Waals surface area contributed by atoms with Gasteiger partial charge in [0, 0.05) is 35.8 Å². The number of hydrogen-bond acceptors (Lipinski definition) is 6. The molecule has 0 aliphatic heterocycles. The molecular formula is C25H27ClFN5O2. The lowest BCUT2D eigenvalue weighted by atomic mass is 9.95. The number of nitrogens with zero attached hydrogens (tertiary/aromatic N) is 2. The topological polar surface area (TPSA) is 88.2 Å². The van der Waals surface area contributed by atoms with Crippen LogP contribution < -0.4 is 20.7 Å². The molecular weight excluding hydrogens is 457 g/mol. The minimum absolute atomic E-state index is 0.00254. The SMILES string of the molecule is COc1cc2ncnc(Nc3ccc(F)c(Cl)c3)c2cc1NC(=O)/C=C/CNC1CCCCC1. The number of rotatable bonds is 8. The lowest BCUT2D eigenvalue weighted by Crippen LogP contribution is -2.31. The Balaban J connectivity index is 1.49. The number of ether oxygens (including phenoxy) is 1. The molecule has 0 unspecified atom stereocenters. The fourth-order valence-corrected chi connectivity index (χ4v) is 4.22. The van der Waals surface area contributed by atoms with Crippen molar-refractivity contribution < 1.29 is 13.9 Å². The number of carbonyl (C=O) groups excluding carboxylic acids is 1. The highest BCUT2D eigenvalue weighted by molar-refractivity contribution is 6.31. The van der Waals surface area contributed by atoms with E-state index in [1.807, 2.05) is 6.08 Å². The highest BCUT2D eigenvalue weighted by atomic mass is 35.5. The van der Waals surface area contributed by atoms with E-state index >= 15 is 0 Å². The maximum atomic E-state index is 13.5. The third-order valence-corrected chi connectivity index (χ3v) is 6.09. The minimum Gasteiger partial charge on any atom is -0.494 e. The van der Waals surface area contributed by atoms with E-state index in [2.05, 4.69) is 25.9 Å². The van der Waals surface area contributed by atoms with Gasteiger partial charge in [-0.1, -0.05) is 36.9 Å². The molecule has 2 aromatic carbocycles. The van der Waals surface area contributed by atoms with Crippen molar-refractivity contribution in [3.63, 3.8) is 0 Å². The molecule has 0 spiro atoms. The Hall–Kier alpha value is -3.23. The summed E-state index contributed by atoms with van der Waals surface area (Å²) >= 11 is 5.89. The molecule has 178 valence electrons. The number of amides is 1. The van der Waals surface area contributed by atoms with Crippen molar-refractivity contribution in [2.45, 2.75) is 38.1 Å². The number of methoxy groups -OCH3 is 1. The van der Waals surface area contributed by atoms with Crippen molar-refractivity contribution in [2.75, 3.05) is 24.3 Å². The van der Waals surface area contributed by atoms with E-state index in [-0.39, 0.29) is 10.9 Å². The molecule has 34 heavy (non-hydrogen) atoms. The predicted molar refractivity (Wildman–Crippen MR) is 133 cm³/mol. The normalized spacial score (nSPS) is 14.4. The largest absolute Gasteiger partial charge is 0.494 e. The van der Waals surface area contributed by atoms with Crippen molar-refractivity contribution in [3.05, 3.63) is 59.7 Å². The van der Waals surface area contributed by atoms with Gasteiger partial charge in [-0.15, -0.1) is 0 Å². The van der Waals surface area contributed by atoms with Crippen LogP contribution in [0.2, 0.25) is 5.02 Å². The zero-order valence-corrected chi connectivity index (χ0v) is 19.7. The van der Waals surface area contributed by atoms with Crippen LogP contribution >= 0.6 is 11.6 Å². The zero-order chi connectivity index (χ0) is 23.9. The molecule has 0 bridgehead atoms. The molecule has 0 saturated heterocycles. The molecule has 1 amide bonds. The lowest BCUT2D eigenvalue weighted by molar-refractivity contribution is -0.111. The highest BCUT2D eigenvalue weighted by Gasteiger charge is 2.14. The number of anilines is 3. The van der Waals surface area contributed by atoms with E-state index in [9.17, 15) is 9.18 Å². The summed E-state index contributed by atoms with van der Waals surface area (Å²) in [5.41, 5.74) is 1.67. The van der Waals surface area contributed by atoms with Gasteiger partial charge in [0.25, 0.3) is 0 Å². The summed E-state index contributed by atoms with van der Waals surface area (Å²) in [5, 5.41) is 10.1. The van der Waals surface area contributed by atoms with E-state index in [1.54, 1.807) is 18.2 Å². The zero-order valence-electron chi connectivity index (χ0n) is 18.9. The Kier molecular flexibility index (Phi) is 7.92. The summed E-state index contributed by atoms with van der Waals surface area (Å²) in [6.07, 6.45) is 11.0. The van der Waals surface area contributed by atoms with Crippen LogP contribution in [0.1, 0.15) is 32.1 Å². The van der Waals surface area contributed by atoms with Crippen molar-refractivity contribution in [3.8, 4) is 5.75 Å². The summed E-state index contributed by atoms with van der Waals surface area (Å²) in [6.45, 7) is 0.648. The van der Waals surface area contributed by atoms with Gasteiger partial charge >= 0.3 is 0 Å². The number of carbonyl (C=O) groups is 1. The van der Waals surface area contributed by atoms with E-state index in [1.165, 1.54) is 63.7 Å². The second kappa shape index (κ2) is 11.3. The molecule has 9 heteroatoms. The van der Waals surface area contributed by atoms with Crippen molar-refractivity contribution in [1.82, 2.24) is 15.3 Å². The van der Waals surface area contributed by atoms with Crippen LogP contribution in [0.5, 0.6) is 5.75 Å². The number of hydrogen-bond donors (Lipinski definition) is 3. The van der Waals surface area contributed by atoms with Gasteiger partial charge in [-0.2, -0.15) is 0 Å². The molecule has 1 aliphatic carbocycles. The number of nitrogens with one attached hydrogen (secondary N) is 3. The van der Waals surface area contributed by atoms with Crippen LogP contribution in [0.3, 0.4) is 0 Å². The highest BCUT2D eigenvalue weighted by Crippen LogP contribution is 2.33. The number of benzene rings is 2. The standard InChI is InChI=1S/C25H27ClFN5O2/c1-34-23-14-21-18(25(30-15-29-21)31-17-9-10-20(27)19(26)12-17)13-22(23)32-24(33)8-5-11-28-16-6-3-2-4-7-16/h5,8-10,12-16,28H,2-4,6-7,11H2,1H3,(H,32,33)(H,29,30,31)/b8-5+. The Bertz CT molecular complexity index is 1200. The van der Waals surface area contributed by atoms with Gasteiger partial charge in [-0.3, -0.25) is 4.79 Å². The summed E-state index contributed by atoms with van der Waals surface area (Å²) in [5.74, 6) is 0.193. The van der Waals surface area contributed by atoms with Crippen LogP contribution in [-0.4, -0.2) is 35.6 Å². The quantitative estimate of drug-likeness (QED) is 0.362. The predicted octanol–water partition coefficient (Wildman–Crippen LogP) is 5.59. The second-order valence-corrected chi connectivity index (χ2v) is 8.59. The molecule has 1 aromatic heterocycles. The van der Waals surface area contributed by atoms with Crippen LogP contribution in [0.4, 0.5) is 21.6 Å². The van der Waals surface area contributed by atoms with Crippen LogP contribution in [0.15, 0.2) is 48.8 Å². The van der Waals surface area contributed by atoms with Gasteiger partial charge < -0.3 is 20.7 Å². The maximum absolute atomic E-state index is 13.5. The van der Waals surface area contributed by atoms with Crippen LogP contribution in [-0.2, 0) is 4.79 Å². The molecule has 4 rings (SSSR count). The Morgan fingerprint density at radius 3 is 2.79 bits per heavy atom. The average molecular weight is 484 g/mol. The minimum atomic E-state index is -0.503. The molecule has 0 atom stereocenters. The molecule has 3 N–H and O–H groups in total. The van der Waals surface area contributed by atoms with Gasteiger partial charge in [0.1, 0.15) is 23.7 Å². The fourth-order valence-electron chi connectivity index (χ4n) is 4.04. The molecule has 3 aromatic rings. The fraction of sp³-hybridized carbons (Fsp3) is 0.320. The van der Waals surface area contributed by atoms with E-state index < -0.39 is 5.82 Å². The first-order valence-corrected chi connectivity index (χ1v) is 11.7. The Morgan fingerprint density at radius 2 is 2.03 bits per heavy atom. The number of halogens is 2. The molecule has 1 aliphatic rings. The molecule has 1 fully saturated rings. The summed E-state index contributed by atoms with van der Waals surface area (Å²) in [7, 11) is 1.53. The van der Waals surface area contributed by atoms with Gasteiger partial charge in [0.05, 0.1) is 23.3 Å². The van der Waals surface area contributed by atoms with E-state index in [0.717, 1.165) is 0 Å². The first-order chi connectivity index (χ1) is 16.5. The van der Waals surface area contributed by atoms with Crippen LogP contribution in [0.25, 0.3) is 10.9 Å². The van der Waals surface area contributed by atoms with Crippen molar-refractivity contribution >= 4 is 45.6 Å². The monoisotopic (exact) mass is 483 g/mol. The first-order valence-electron chi connectivity index (χ1n) is 11.3. The Morgan fingerprint density at radius 1 is 1.21 bits per heavy atom. The Labute approximate surface area is 202 Å². The first kappa shape index (κ1) is 23.9. The third-order valence-electron chi connectivity index (χ3n) is 5.80. The molecule has 0 radical (unpaired) electrons. The summed E-state index contributed by atoms with van der Waals surface area (Å²) < 4.78 is 19.0. The average Bonchev–Trinajstić information content (AvgIpc) is 2.85. The second-order valence-electron chi connectivity index (χ2n) is 8.18. The van der Waals surface area contributed by atoms with Gasteiger partial charge in [0.2, 0.25) is 5.91 Å². The van der Waals surface area contributed by atoms with Crippen LogP contribution in [0, 0.1) is 5.82 Å². The maximum Gasteiger partial charge on any atom is 0.248 e. The van der Waals surface area contributed by atoms with E-state index in [4.69, 9.17) is 16.3 Å². The molecule has 1 saturated carbocycles. The van der Waals surface area contributed by atoms with Crippen molar-refractivity contribution in [2.24, 2.45) is 0 Å². The third kappa shape index (κ3) is 6.01. The smallest absolute Gasteiger partial charge is 0.248 e. The van der Waals surface area contributed by atoms with Gasteiger partial charge in [-0.05, 0) is 37.1 Å².